The second kappa shape index (κ2) is 13.5. The van der Waals surface area contributed by atoms with Crippen molar-refractivity contribution in [2.24, 2.45) is 5.41 Å². The molecule has 3 aromatic rings. The molecule has 4 amide bonds. The number of piperidine rings is 1. The lowest BCUT2D eigenvalue weighted by molar-refractivity contribution is -0.845. The number of rotatable bonds is 6. The summed E-state index contributed by atoms with van der Waals surface area (Å²) in [4.78, 5) is 57.2. The van der Waals surface area contributed by atoms with Crippen LogP contribution in [0.5, 0.6) is 0 Å². The maximum atomic E-state index is 14.4. The first-order chi connectivity index (χ1) is 24.5. The van der Waals surface area contributed by atoms with E-state index >= 15 is 0 Å². The van der Waals surface area contributed by atoms with Crippen molar-refractivity contribution in [2.45, 2.75) is 76.6 Å². The summed E-state index contributed by atoms with van der Waals surface area (Å²) < 4.78 is 95.3. The molecular formula is C37H37F7N3O6+. The third kappa shape index (κ3) is 6.72. The Balaban J connectivity index is 1.63. The number of hydrogen-bond donors (Lipinski definition) is 2. The van der Waals surface area contributed by atoms with Crippen molar-refractivity contribution in [1.82, 2.24) is 9.80 Å². The summed E-state index contributed by atoms with van der Waals surface area (Å²) in [5.74, 6) is -3.26. The number of imide groups is 1. The highest BCUT2D eigenvalue weighted by molar-refractivity contribution is 6.03. The zero-order valence-corrected chi connectivity index (χ0v) is 29.1. The van der Waals surface area contributed by atoms with Gasteiger partial charge in [0, 0.05) is 38.4 Å². The van der Waals surface area contributed by atoms with Crippen LogP contribution in [0.3, 0.4) is 0 Å². The van der Waals surface area contributed by atoms with Gasteiger partial charge in [0.15, 0.2) is 5.41 Å². The molecular weight excluding hydrogens is 715 g/mol. The number of aliphatic carboxylic acids is 1. The highest BCUT2D eigenvalue weighted by Crippen LogP contribution is 2.57. The molecule has 2 N–H and O–H groups in total. The predicted molar refractivity (Wildman–Crippen MR) is 174 cm³/mol. The number of carbonyl (C=O) groups is 4. The van der Waals surface area contributed by atoms with Crippen molar-refractivity contribution in [2.75, 3.05) is 13.6 Å². The van der Waals surface area contributed by atoms with E-state index in [4.69, 9.17) is 0 Å². The highest BCUT2D eigenvalue weighted by Gasteiger charge is 2.77. The molecule has 1 spiro atoms. The minimum Gasteiger partial charge on any atom is -0.480 e. The number of quaternary nitrogens is 1. The van der Waals surface area contributed by atoms with Crippen LogP contribution in [0.15, 0.2) is 66.7 Å². The van der Waals surface area contributed by atoms with Crippen molar-refractivity contribution in [3.8, 4) is 0 Å². The molecule has 16 heteroatoms. The monoisotopic (exact) mass is 752 g/mol. The lowest BCUT2D eigenvalue weighted by atomic mass is 9.73. The SMILES string of the molecule is Cc1cc(F)ccc1[C@H]1C[C@@]2(CCN1C(=O)N(C)[C@H](C)c1cc(C(F)(F)F)cc(C(F)(F)F)c1)CC(C)(C(=O)O)C(=O)[N+]2(Cc1ccccc1)C(=O)O. The second-order valence-electron chi connectivity index (χ2n) is 14.2. The maximum absolute atomic E-state index is 14.4. The van der Waals surface area contributed by atoms with E-state index in [-0.39, 0.29) is 25.5 Å². The summed E-state index contributed by atoms with van der Waals surface area (Å²) >= 11 is 0. The van der Waals surface area contributed by atoms with Gasteiger partial charge in [-0.25, -0.2) is 14.0 Å². The molecule has 5 rings (SSSR count). The summed E-state index contributed by atoms with van der Waals surface area (Å²) in [6.45, 7) is 3.19. The first kappa shape index (κ1) is 39.2. The van der Waals surface area contributed by atoms with Gasteiger partial charge in [-0.05, 0) is 67.8 Å². The molecule has 0 bridgehead atoms. The van der Waals surface area contributed by atoms with E-state index < -0.39 is 99.3 Å². The minimum absolute atomic E-state index is 0.0222. The maximum Gasteiger partial charge on any atom is 0.521 e. The highest BCUT2D eigenvalue weighted by atomic mass is 19.4. The Hall–Kier alpha value is -4.99. The fourth-order valence-corrected chi connectivity index (χ4v) is 8.02. The van der Waals surface area contributed by atoms with Gasteiger partial charge in [-0.1, -0.05) is 36.4 Å². The predicted octanol–water partition coefficient (Wildman–Crippen LogP) is 8.58. The van der Waals surface area contributed by atoms with E-state index in [1.165, 1.54) is 31.9 Å². The van der Waals surface area contributed by atoms with Crippen molar-refractivity contribution in [3.05, 3.63) is 106 Å². The van der Waals surface area contributed by atoms with Crippen LogP contribution in [0, 0.1) is 18.2 Å². The van der Waals surface area contributed by atoms with E-state index in [0.29, 0.717) is 28.8 Å². The number of carboxylic acids is 1. The standard InChI is InChI=1S/C37H36F7N3O6/c1-21-14-27(38)10-11-28(21)29-18-35(20-34(3,31(49)50)30(48)47(35,33(52)53)19-23-8-6-5-7-9-23)12-13-46(29)32(51)45(4)22(2)24-15-25(36(39,40)41)17-26(16-24)37(42,43)44/h5-11,14-17,22,29H,12-13,18-20H2,1-4H3,(H-,49,50,52,53)/p+1/t22-,29-,34?,35+,47?/m1/s1. The Morgan fingerprint density at radius 2 is 1.55 bits per heavy atom. The fourth-order valence-electron chi connectivity index (χ4n) is 8.02. The summed E-state index contributed by atoms with van der Waals surface area (Å²) in [6, 6.07) is 9.40. The average molecular weight is 753 g/mol. The third-order valence-electron chi connectivity index (χ3n) is 11.0. The molecule has 2 fully saturated rings. The van der Waals surface area contributed by atoms with Crippen LogP contribution in [-0.4, -0.2) is 67.6 Å². The number of carboxylic acid groups (broad SMARTS) is 2. The first-order valence-corrected chi connectivity index (χ1v) is 16.5. The number of aryl methyl sites for hydroxylation is 1. The first-order valence-electron chi connectivity index (χ1n) is 16.5. The molecule has 0 aromatic heterocycles. The Labute approximate surface area is 299 Å². The van der Waals surface area contributed by atoms with Crippen molar-refractivity contribution in [1.29, 1.82) is 0 Å². The molecule has 5 atom stereocenters. The number of halogens is 7. The molecule has 0 aliphatic carbocycles. The molecule has 53 heavy (non-hydrogen) atoms. The van der Waals surface area contributed by atoms with E-state index in [0.717, 1.165) is 24.0 Å². The van der Waals surface area contributed by atoms with Crippen LogP contribution in [0.25, 0.3) is 0 Å². The molecule has 9 nitrogen and oxygen atoms in total. The van der Waals surface area contributed by atoms with Crippen molar-refractivity contribution in [3.63, 3.8) is 0 Å². The molecule has 2 aliphatic heterocycles. The zero-order valence-electron chi connectivity index (χ0n) is 29.1. The third-order valence-corrected chi connectivity index (χ3v) is 11.0. The molecule has 284 valence electrons. The second-order valence-corrected chi connectivity index (χ2v) is 14.2. The van der Waals surface area contributed by atoms with Gasteiger partial charge in [-0.2, -0.15) is 35.6 Å². The van der Waals surface area contributed by atoms with E-state index in [1.807, 2.05) is 0 Å². The van der Waals surface area contributed by atoms with Gasteiger partial charge in [0.2, 0.25) is 0 Å². The van der Waals surface area contributed by atoms with Gasteiger partial charge in [-0.15, -0.1) is 0 Å². The van der Waals surface area contributed by atoms with Crippen LogP contribution in [0.4, 0.5) is 40.3 Å². The number of hydrogen-bond acceptors (Lipinski definition) is 4. The number of amides is 4. The number of benzene rings is 3. The van der Waals surface area contributed by atoms with E-state index in [9.17, 15) is 60.1 Å². The molecule has 2 unspecified atom stereocenters. The summed E-state index contributed by atoms with van der Waals surface area (Å²) in [5.41, 5.74) is -6.37. The number of urea groups is 1. The van der Waals surface area contributed by atoms with Gasteiger partial charge >= 0.3 is 36.4 Å². The molecule has 0 radical (unpaired) electrons. The minimum atomic E-state index is -5.14. The summed E-state index contributed by atoms with van der Waals surface area (Å²) in [6.07, 6.45) is -12.9. The largest absolute Gasteiger partial charge is 0.521 e. The van der Waals surface area contributed by atoms with Crippen LogP contribution < -0.4 is 0 Å². The quantitative estimate of drug-likeness (QED) is 0.148. The van der Waals surface area contributed by atoms with E-state index in [1.54, 1.807) is 30.3 Å². The van der Waals surface area contributed by atoms with Gasteiger partial charge in [-0.3, -0.25) is 4.79 Å². The fraction of sp³-hybridized carbons (Fsp3) is 0.405. The number of carbonyl (C=O) groups excluding carboxylic acids is 2. The summed E-state index contributed by atoms with van der Waals surface area (Å²) in [7, 11) is 1.19. The Kier molecular flexibility index (Phi) is 9.96. The normalized spacial score (nSPS) is 25.4. The molecule has 2 aliphatic rings. The molecule has 2 saturated heterocycles. The van der Waals surface area contributed by atoms with Gasteiger partial charge in [0.05, 0.1) is 23.2 Å². The average Bonchev–Trinajstić information content (AvgIpc) is 3.26. The Morgan fingerprint density at radius 3 is 2.06 bits per heavy atom. The van der Waals surface area contributed by atoms with Crippen molar-refractivity contribution < 1.29 is 64.6 Å². The van der Waals surface area contributed by atoms with E-state index in [2.05, 4.69) is 0 Å². The van der Waals surface area contributed by atoms with Gasteiger partial charge < -0.3 is 20.0 Å². The molecule has 0 saturated carbocycles. The topological polar surface area (TPSA) is 115 Å². The van der Waals surface area contributed by atoms with Crippen LogP contribution >= 0.6 is 0 Å². The molecule has 3 aromatic carbocycles. The Morgan fingerprint density at radius 1 is 0.962 bits per heavy atom. The lowest BCUT2D eigenvalue weighted by Gasteiger charge is -2.51. The summed E-state index contributed by atoms with van der Waals surface area (Å²) in [5, 5.41) is 21.3. The number of alkyl halides is 6. The number of nitrogens with zero attached hydrogens (tertiary/aromatic N) is 3. The lowest BCUT2D eigenvalue weighted by Crippen LogP contribution is -2.69. The smallest absolute Gasteiger partial charge is 0.480 e. The van der Waals surface area contributed by atoms with Crippen molar-refractivity contribution >= 4 is 24.0 Å². The van der Waals surface area contributed by atoms with Crippen LogP contribution in [0.2, 0.25) is 0 Å². The molecule has 2 heterocycles. The van der Waals surface area contributed by atoms with Gasteiger partial charge in [0.1, 0.15) is 17.9 Å². The van der Waals surface area contributed by atoms with Crippen LogP contribution in [-0.2, 0) is 28.5 Å². The Bertz CT molecular complexity index is 1920. The zero-order chi connectivity index (χ0) is 39.5. The number of likely N-dealkylation sites (tertiary alicyclic amines) is 2. The van der Waals surface area contributed by atoms with Crippen LogP contribution in [0.1, 0.15) is 78.6 Å². The van der Waals surface area contributed by atoms with Gasteiger partial charge in [0.25, 0.3) is 0 Å².